The number of H-pyrrole nitrogens is 1. The van der Waals surface area contributed by atoms with Crippen LogP contribution in [0.25, 0.3) is 10.9 Å². The van der Waals surface area contributed by atoms with Gasteiger partial charge in [-0.1, -0.05) is 42.1 Å². The highest BCUT2D eigenvalue weighted by molar-refractivity contribution is 7.99. The van der Waals surface area contributed by atoms with Crippen LogP contribution >= 0.6 is 11.8 Å². The Balaban J connectivity index is 1.84. The van der Waals surface area contributed by atoms with E-state index in [-0.39, 0.29) is 12.1 Å². The van der Waals surface area contributed by atoms with E-state index in [0.29, 0.717) is 29.3 Å². The Kier molecular flexibility index (Phi) is 9.24. The number of unbranched alkanes of at least 4 members (excludes halogenated alkanes) is 1. The highest BCUT2D eigenvalue weighted by Crippen LogP contribution is 2.38. The third kappa shape index (κ3) is 6.59. The maximum Gasteiger partial charge on any atom is 0.328 e. The lowest BCUT2D eigenvalue weighted by atomic mass is 10.0. The van der Waals surface area contributed by atoms with Gasteiger partial charge in [0.1, 0.15) is 6.04 Å². The molecule has 3 aromatic rings. The summed E-state index contributed by atoms with van der Waals surface area (Å²) in [4.78, 5) is 39.8. The van der Waals surface area contributed by atoms with Crippen molar-refractivity contribution in [1.82, 2.24) is 10.3 Å². The molecule has 2 aromatic carbocycles. The van der Waals surface area contributed by atoms with Crippen LogP contribution in [0.4, 0.5) is 5.69 Å². The molecule has 11 heteroatoms. The number of hydrogen-bond acceptors (Lipinski definition) is 8. The number of fused-ring (bicyclic) bond motifs is 1. The number of rotatable bonds is 12. The minimum Gasteiger partial charge on any atom is -0.467 e. The van der Waals surface area contributed by atoms with E-state index in [1.165, 1.54) is 24.9 Å². The van der Waals surface area contributed by atoms with Gasteiger partial charge in [-0.25, -0.2) is 4.79 Å². The van der Waals surface area contributed by atoms with Crippen LogP contribution in [0, 0.1) is 10.1 Å². The fraction of sp³-hybridized carbons (Fsp3) is 0.333. The zero-order valence-corrected chi connectivity index (χ0v) is 20.2. The molecule has 0 radical (unpaired) electrons. The van der Waals surface area contributed by atoms with Gasteiger partial charge in [-0.3, -0.25) is 14.9 Å². The number of nitrogens with one attached hydrogen (secondary N) is 2. The monoisotopic (exact) mass is 499 g/mol. The van der Waals surface area contributed by atoms with Crippen molar-refractivity contribution in [2.75, 3.05) is 13.7 Å². The predicted octanol–water partition coefficient (Wildman–Crippen LogP) is 2.88. The van der Waals surface area contributed by atoms with E-state index in [0.717, 1.165) is 22.9 Å². The van der Waals surface area contributed by atoms with Crippen LogP contribution in [0.3, 0.4) is 0 Å². The van der Waals surface area contributed by atoms with Gasteiger partial charge in [-0.15, -0.1) is 0 Å². The highest BCUT2D eigenvalue weighted by Gasteiger charge is 2.26. The third-order valence-electron chi connectivity index (χ3n) is 5.56. The van der Waals surface area contributed by atoms with Gasteiger partial charge in [0.15, 0.2) is 0 Å². The van der Waals surface area contributed by atoms with E-state index < -0.39 is 28.9 Å². The molecule has 0 spiro atoms. The second kappa shape index (κ2) is 12.3. The Bertz CT molecular complexity index is 1200. The highest BCUT2D eigenvalue weighted by atomic mass is 32.2. The fourth-order valence-corrected chi connectivity index (χ4v) is 4.84. The largest absolute Gasteiger partial charge is 0.467 e. The number of ether oxygens (including phenoxy) is 1. The first-order chi connectivity index (χ1) is 16.8. The van der Waals surface area contributed by atoms with Crippen LogP contribution in [0.2, 0.25) is 0 Å². The van der Waals surface area contributed by atoms with Gasteiger partial charge >= 0.3 is 5.97 Å². The minimum atomic E-state index is -0.957. The number of esters is 1. The van der Waals surface area contributed by atoms with Crippen LogP contribution in [0.5, 0.6) is 0 Å². The van der Waals surface area contributed by atoms with Crippen LogP contribution in [-0.4, -0.2) is 47.5 Å². The molecule has 6 N–H and O–H groups in total. The number of carbonyl (C=O) groups is 2. The first kappa shape index (κ1) is 26.2. The summed E-state index contributed by atoms with van der Waals surface area (Å²) >= 11 is 1.21. The molecule has 35 heavy (non-hydrogen) atoms. The summed E-state index contributed by atoms with van der Waals surface area (Å²) in [5.74, 6) is -1.03. The number of para-hydroxylation sites is 2. The van der Waals surface area contributed by atoms with Crippen molar-refractivity contribution in [1.29, 1.82) is 0 Å². The first-order valence-electron chi connectivity index (χ1n) is 11.2. The Morgan fingerprint density at radius 3 is 2.60 bits per heavy atom. The molecule has 3 rings (SSSR count). The maximum absolute atomic E-state index is 12.9. The fourth-order valence-electron chi connectivity index (χ4n) is 3.74. The molecular formula is C24H29N5O5S. The molecule has 0 saturated heterocycles. The molecule has 0 aliphatic heterocycles. The van der Waals surface area contributed by atoms with E-state index in [4.69, 9.17) is 16.2 Å². The molecule has 0 fully saturated rings. The summed E-state index contributed by atoms with van der Waals surface area (Å²) in [5, 5.41) is 15.7. The number of hydrogen-bond donors (Lipinski definition) is 4. The summed E-state index contributed by atoms with van der Waals surface area (Å²) in [7, 11) is 1.27. The Hall–Kier alpha value is -3.41. The normalized spacial score (nSPS) is 12.8. The van der Waals surface area contributed by atoms with Gasteiger partial charge in [0, 0.05) is 17.0 Å². The number of nitrogens with two attached hydrogens (primary N) is 2. The quantitative estimate of drug-likeness (QED) is 0.128. The Morgan fingerprint density at radius 1 is 1.17 bits per heavy atom. The lowest BCUT2D eigenvalue weighted by Gasteiger charge is -2.19. The number of nitro groups is 1. The maximum atomic E-state index is 12.9. The van der Waals surface area contributed by atoms with Crippen LogP contribution in [0.15, 0.2) is 58.5 Å². The van der Waals surface area contributed by atoms with Crippen molar-refractivity contribution < 1.29 is 19.2 Å². The molecule has 0 aliphatic rings. The predicted molar refractivity (Wildman–Crippen MR) is 134 cm³/mol. The zero-order chi connectivity index (χ0) is 25.4. The van der Waals surface area contributed by atoms with E-state index in [2.05, 4.69) is 10.3 Å². The van der Waals surface area contributed by atoms with Crippen molar-refractivity contribution in [3.63, 3.8) is 0 Å². The Morgan fingerprint density at radius 2 is 1.89 bits per heavy atom. The van der Waals surface area contributed by atoms with Crippen molar-refractivity contribution in [3.8, 4) is 0 Å². The number of benzene rings is 2. The van der Waals surface area contributed by atoms with E-state index in [9.17, 15) is 19.7 Å². The summed E-state index contributed by atoms with van der Waals surface area (Å²) in [6.45, 7) is 0.488. The van der Waals surface area contributed by atoms with Gasteiger partial charge in [0.05, 0.1) is 28.0 Å². The summed E-state index contributed by atoms with van der Waals surface area (Å²) < 4.78 is 4.81. The van der Waals surface area contributed by atoms with Crippen molar-refractivity contribution >= 4 is 40.2 Å². The van der Waals surface area contributed by atoms with Gasteiger partial charge in [-0.2, -0.15) is 0 Å². The topological polar surface area (TPSA) is 166 Å². The number of methoxy groups -OCH3 is 1. The average molecular weight is 500 g/mol. The van der Waals surface area contributed by atoms with E-state index in [1.54, 1.807) is 18.2 Å². The third-order valence-corrected chi connectivity index (χ3v) is 6.68. The first-order valence-corrected chi connectivity index (χ1v) is 12.0. The molecule has 1 amide bonds. The molecule has 1 heterocycles. The number of nitrogens with zero attached hydrogens (tertiary/aromatic N) is 1. The molecule has 2 atom stereocenters. The molecular weight excluding hydrogens is 470 g/mol. The van der Waals surface area contributed by atoms with E-state index in [1.807, 2.05) is 24.3 Å². The molecule has 0 saturated carbocycles. The summed E-state index contributed by atoms with van der Waals surface area (Å²) in [5.41, 5.74) is 13.4. The second-order valence-corrected chi connectivity index (χ2v) is 9.04. The van der Waals surface area contributed by atoms with Crippen LogP contribution in [0.1, 0.15) is 24.8 Å². The number of aromatic amines is 1. The number of carbonyl (C=O) groups excluding carboxylic acids is 2. The lowest BCUT2D eigenvalue weighted by molar-refractivity contribution is -0.387. The van der Waals surface area contributed by atoms with Crippen LogP contribution < -0.4 is 16.8 Å². The van der Waals surface area contributed by atoms with Crippen molar-refractivity contribution in [3.05, 3.63) is 64.2 Å². The van der Waals surface area contributed by atoms with Crippen molar-refractivity contribution in [2.24, 2.45) is 11.5 Å². The molecule has 1 aromatic heterocycles. The smallest absolute Gasteiger partial charge is 0.328 e. The summed E-state index contributed by atoms with van der Waals surface area (Å²) in [6, 6.07) is 12.2. The zero-order valence-electron chi connectivity index (χ0n) is 19.4. The summed E-state index contributed by atoms with van der Waals surface area (Å²) in [6.07, 6.45) is 1.94. The number of aromatic nitrogens is 1. The van der Waals surface area contributed by atoms with Gasteiger partial charge in [0.2, 0.25) is 5.91 Å². The van der Waals surface area contributed by atoms with Crippen LogP contribution in [-0.2, 0) is 20.7 Å². The molecule has 0 bridgehead atoms. The number of amides is 1. The molecule has 0 unspecified atom stereocenters. The molecule has 0 aliphatic carbocycles. The average Bonchev–Trinajstić information content (AvgIpc) is 3.19. The van der Waals surface area contributed by atoms with Gasteiger partial charge < -0.3 is 26.5 Å². The van der Waals surface area contributed by atoms with Gasteiger partial charge in [-0.05, 0) is 49.9 Å². The lowest BCUT2D eigenvalue weighted by Crippen LogP contribution is -2.49. The Labute approximate surface area is 206 Å². The molecule has 186 valence electrons. The standard InChI is InChI=1S/C24H29N5O5S/c1-34-24(31)19(10-6-7-13-25)27-22(30)17(26)14-16-15-8-2-3-9-18(15)28-23(16)35-21-12-5-4-11-20(21)29(32)33/h2-5,8-9,11-12,17,19,28H,6-7,10,13-14,25-26H2,1H3,(H,27,30)/t17-,19-/m0/s1. The van der Waals surface area contributed by atoms with E-state index >= 15 is 0 Å². The van der Waals surface area contributed by atoms with Gasteiger partial charge in [0.25, 0.3) is 5.69 Å². The van der Waals surface area contributed by atoms with Crippen molar-refractivity contribution in [2.45, 2.75) is 47.7 Å². The SMILES string of the molecule is COC(=O)[C@H](CCCCN)NC(=O)[C@@H](N)Cc1c(Sc2ccccc2[N+](=O)[O-])[nH]c2ccccc12. The second-order valence-electron chi connectivity index (χ2n) is 7.98. The number of nitro benzene ring substituents is 1. The minimum absolute atomic E-state index is 0.0115. The molecule has 10 nitrogen and oxygen atoms in total.